The average Bonchev–Trinajstić information content (AvgIpc) is 2.38. The van der Waals surface area contributed by atoms with E-state index in [2.05, 4.69) is 16.6 Å². The number of esters is 1. The highest BCUT2D eigenvalue weighted by Crippen LogP contribution is 2.25. The number of ether oxygens (including phenoxy) is 1. The van der Waals surface area contributed by atoms with Gasteiger partial charge in [0.1, 0.15) is 5.56 Å². The van der Waals surface area contributed by atoms with Gasteiger partial charge >= 0.3 is 5.97 Å². The number of aromatic nitrogens is 1. The standard InChI is InChI=1S/C13H14N2O2/c1-3-8-5-4-6-9-11(14)10(13(16)17-2)7-15-12(8)9/h4-7H,3H2,1-2H3,(H2,14,15). The molecule has 0 radical (unpaired) electrons. The lowest BCUT2D eigenvalue weighted by Crippen LogP contribution is -2.07. The SMILES string of the molecule is CCc1cccc2c(N)c(C(=O)OC)cnc12. The molecule has 0 atom stereocenters. The molecule has 0 amide bonds. The van der Waals surface area contributed by atoms with Crippen molar-refractivity contribution in [3.05, 3.63) is 35.5 Å². The second-order valence-electron chi connectivity index (χ2n) is 3.74. The number of nitrogen functional groups attached to an aromatic ring is 1. The Labute approximate surface area is 99.4 Å². The summed E-state index contributed by atoms with van der Waals surface area (Å²) < 4.78 is 4.66. The molecule has 1 aromatic heterocycles. The first-order valence-electron chi connectivity index (χ1n) is 5.43. The molecule has 0 bridgehead atoms. The van der Waals surface area contributed by atoms with Gasteiger partial charge in [0.15, 0.2) is 0 Å². The van der Waals surface area contributed by atoms with Crippen LogP contribution in [0.2, 0.25) is 0 Å². The van der Waals surface area contributed by atoms with E-state index in [1.165, 1.54) is 13.3 Å². The summed E-state index contributed by atoms with van der Waals surface area (Å²) in [4.78, 5) is 15.8. The molecule has 0 spiro atoms. The number of methoxy groups -OCH3 is 1. The third kappa shape index (κ3) is 1.82. The highest BCUT2D eigenvalue weighted by atomic mass is 16.5. The van der Waals surface area contributed by atoms with E-state index in [4.69, 9.17) is 5.73 Å². The molecular formula is C13H14N2O2. The van der Waals surface area contributed by atoms with Crippen LogP contribution in [-0.2, 0) is 11.2 Å². The highest BCUT2D eigenvalue weighted by Gasteiger charge is 2.14. The normalized spacial score (nSPS) is 10.5. The number of hydrogen-bond acceptors (Lipinski definition) is 4. The second kappa shape index (κ2) is 4.41. The summed E-state index contributed by atoms with van der Waals surface area (Å²) in [6, 6.07) is 5.79. The predicted octanol–water partition coefficient (Wildman–Crippen LogP) is 2.17. The summed E-state index contributed by atoms with van der Waals surface area (Å²) in [5.41, 5.74) is 8.68. The van der Waals surface area contributed by atoms with Crippen LogP contribution in [0.25, 0.3) is 10.9 Å². The largest absolute Gasteiger partial charge is 0.465 e. The predicted molar refractivity (Wildman–Crippen MR) is 66.9 cm³/mol. The number of para-hydroxylation sites is 1. The second-order valence-corrected chi connectivity index (χ2v) is 3.74. The Morgan fingerprint density at radius 3 is 2.88 bits per heavy atom. The van der Waals surface area contributed by atoms with Crippen molar-refractivity contribution in [3.8, 4) is 0 Å². The fourth-order valence-corrected chi connectivity index (χ4v) is 1.86. The lowest BCUT2D eigenvalue weighted by Gasteiger charge is -2.09. The van der Waals surface area contributed by atoms with E-state index in [9.17, 15) is 4.79 Å². The molecule has 4 heteroatoms. The maximum atomic E-state index is 11.5. The number of anilines is 1. The van der Waals surface area contributed by atoms with Crippen LogP contribution in [0.15, 0.2) is 24.4 Å². The van der Waals surface area contributed by atoms with Crippen molar-refractivity contribution in [2.75, 3.05) is 12.8 Å². The van der Waals surface area contributed by atoms with Crippen LogP contribution in [-0.4, -0.2) is 18.1 Å². The van der Waals surface area contributed by atoms with Crippen LogP contribution in [0.1, 0.15) is 22.8 Å². The third-order valence-corrected chi connectivity index (χ3v) is 2.81. The number of aryl methyl sites for hydroxylation is 1. The van der Waals surface area contributed by atoms with E-state index in [1.807, 2.05) is 18.2 Å². The monoisotopic (exact) mass is 230 g/mol. The summed E-state index contributed by atoms with van der Waals surface area (Å²) >= 11 is 0. The minimum atomic E-state index is -0.459. The van der Waals surface area contributed by atoms with Crippen LogP contribution in [0.3, 0.4) is 0 Å². The van der Waals surface area contributed by atoms with Crippen molar-refractivity contribution >= 4 is 22.6 Å². The molecule has 0 aliphatic rings. The van der Waals surface area contributed by atoms with Gasteiger partial charge in [-0.2, -0.15) is 0 Å². The average molecular weight is 230 g/mol. The van der Waals surface area contributed by atoms with E-state index < -0.39 is 5.97 Å². The van der Waals surface area contributed by atoms with Gasteiger partial charge in [-0.3, -0.25) is 4.98 Å². The van der Waals surface area contributed by atoms with Crippen molar-refractivity contribution < 1.29 is 9.53 Å². The van der Waals surface area contributed by atoms with Crippen molar-refractivity contribution in [1.29, 1.82) is 0 Å². The number of carbonyl (C=O) groups excluding carboxylic acids is 1. The van der Waals surface area contributed by atoms with E-state index in [-0.39, 0.29) is 0 Å². The zero-order chi connectivity index (χ0) is 12.4. The lowest BCUT2D eigenvalue weighted by atomic mass is 10.0. The summed E-state index contributed by atoms with van der Waals surface area (Å²) in [6.07, 6.45) is 2.35. The molecule has 0 aliphatic heterocycles. The van der Waals surface area contributed by atoms with Gasteiger partial charge in [-0.25, -0.2) is 4.79 Å². The molecule has 2 aromatic rings. The van der Waals surface area contributed by atoms with E-state index in [1.54, 1.807) is 0 Å². The first kappa shape index (κ1) is 11.4. The van der Waals surface area contributed by atoms with Crippen molar-refractivity contribution in [1.82, 2.24) is 4.98 Å². The number of nitrogens with zero attached hydrogens (tertiary/aromatic N) is 1. The van der Waals surface area contributed by atoms with Gasteiger partial charge in [-0.1, -0.05) is 25.1 Å². The van der Waals surface area contributed by atoms with Gasteiger partial charge in [-0.15, -0.1) is 0 Å². The molecule has 0 fully saturated rings. The van der Waals surface area contributed by atoms with Crippen molar-refractivity contribution in [2.24, 2.45) is 0 Å². The summed E-state index contributed by atoms with van der Waals surface area (Å²) in [5, 5.41) is 0.798. The molecule has 0 unspecified atom stereocenters. The minimum Gasteiger partial charge on any atom is -0.465 e. The maximum Gasteiger partial charge on any atom is 0.341 e. The van der Waals surface area contributed by atoms with Gasteiger partial charge in [-0.05, 0) is 12.0 Å². The molecule has 2 N–H and O–H groups in total. The molecule has 0 aliphatic carbocycles. The van der Waals surface area contributed by atoms with E-state index in [0.29, 0.717) is 11.3 Å². The number of benzene rings is 1. The van der Waals surface area contributed by atoms with Gasteiger partial charge in [0.25, 0.3) is 0 Å². The van der Waals surface area contributed by atoms with E-state index in [0.717, 1.165) is 22.9 Å². The Kier molecular flexibility index (Phi) is 2.95. The maximum absolute atomic E-state index is 11.5. The van der Waals surface area contributed by atoms with Crippen LogP contribution in [0, 0.1) is 0 Å². The first-order chi connectivity index (χ1) is 8.19. The molecule has 17 heavy (non-hydrogen) atoms. The summed E-state index contributed by atoms with van der Waals surface area (Å²) in [7, 11) is 1.33. The molecule has 1 aromatic carbocycles. The summed E-state index contributed by atoms with van der Waals surface area (Å²) in [5.74, 6) is -0.459. The fraction of sp³-hybridized carbons (Fsp3) is 0.231. The molecule has 2 rings (SSSR count). The Morgan fingerprint density at radius 2 is 2.24 bits per heavy atom. The molecule has 4 nitrogen and oxygen atoms in total. The Hall–Kier alpha value is -2.10. The zero-order valence-corrected chi connectivity index (χ0v) is 9.86. The number of fused-ring (bicyclic) bond motifs is 1. The van der Waals surface area contributed by atoms with Crippen LogP contribution in [0.4, 0.5) is 5.69 Å². The smallest absolute Gasteiger partial charge is 0.341 e. The zero-order valence-electron chi connectivity index (χ0n) is 9.86. The molecule has 88 valence electrons. The topological polar surface area (TPSA) is 65.2 Å². The van der Waals surface area contributed by atoms with Crippen LogP contribution < -0.4 is 5.73 Å². The number of nitrogens with two attached hydrogens (primary N) is 1. The van der Waals surface area contributed by atoms with Crippen LogP contribution >= 0.6 is 0 Å². The molecule has 1 heterocycles. The Bertz CT molecular complexity index is 579. The van der Waals surface area contributed by atoms with Gasteiger partial charge < -0.3 is 10.5 Å². The molecular weight excluding hydrogens is 216 g/mol. The van der Waals surface area contributed by atoms with Gasteiger partial charge in [0.05, 0.1) is 18.3 Å². The lowest BCUT2D eigenvalue weighted by molar-refractivity contribution is 0.0601. The quantitative estimate of drug-likeness (QED) is 0.803. The van der Waals surface area contributed by atoms with Crippen molar-refractivity contribution in [2.45, 2.75) is 13.3 Å². The molecule has 0 saturated heterocycles. The Balaban J connectivity index is 2.72. The summed E-state index contributed by atoms with van der Waals surface area (Å²) in [6.45, 7) is 2.06. The van der Waals surface area contributed by atoms with Crippen molar-refractivity contribution in [3.63, 3.8) is 0 Å². The number of carbonyl (C=O) groups is 1. The first-order valence-corrected chi connectivity index (χ1v) is 5.43. The number of pyridine rings is 1. The van der Waals surface area contributed by atoms with Gasteiger partial charge in [0, 0.05) is 11.6 Å². The number of rotatable bonds is 2. The highest BCUT2D eigenvalue weighted by molar-refractivity contribution is 6.04. The fourth-order valence-electron chi connectivity index (χ4n) is 1.86. The van der Waals surface area contributed by atoms with Gasteiger partial charge in [0.2, 0.25) is 0 Å². The Morgan fingerprint density at radius 1 is 1.47 bits per heavy atom. The molecule has 0 saturated carbocycles. The van der Waals surface area contributed by atoms with E-state index >= 15 is 0 Å². The third-order valence-electron chi connectivity index (χ3n) is 2.81. The van der Waals surface area contributed by atoms with Crippen LogP contribution in [0.5, 0.6) is 0 Å². The minimum absolute atomic E-state index is 0.313. The number of hydrogen-bond donors (Lipinski definition) is 1.